The summed E-state index contributed by atoms with van der Waals surface area (Å²) >= 11 is 0. The van der Waals surface area contributed by atoms with Crippen LogP contribution in [-0.4, -0.2) is 31.4 Å². The molecule has 1 unspecified atom stereocenters. The van der Waals surface area contributed by atoms with Gasteiger partial charge in [0, 0.05) is 0 Å². The summed E-state index contributed by atoms with van der Waals surface area (Å²) in [5.74, 6) is -0.626. The first-order chi connectivity index (χ1) is 10.4. The third kappa shape index (κ3) is 5.95. The highest BCUT2D eigenvalue weighted by Gasteiger charge is 2.34. The summed E-state index contributed by atoms with van der Waals surface area (Å²) in [6.07, 6.45) is 5.23. The first kappa shape index (κ1) is 18.9. The van der Waals surface area contributed by atoms with Gasteiger partial charge in [0.05, 0.1) is 18.6 Å². The third-order valence-corrected chi connectivity index (χ3v) is 4.34. The van der Waals surface area contributed by atoms with E-state index in [2.05, 4.69) is 0 Å². The highest BCUT2D eigenvalue weighted by molar-refractivity contribution is 5.81. The van der Waals surface area contributed by atoms with Crippen LogP contribution in [0, 0.1) is 11.3 Å². The number of ether oxygens (including phenoxy) is 3. The Morgan fingerprint density at radius 3 is 2.32 bits per heavy atom. The molecule has 128 valence electrons. The van der Waals surface area contributed by atoms with E-state index in [-0.39, 0.29) is 6.61 Å². The van der Waals surface area contributed by atoms with Crippen molar-refractivity contribution in [1.82, 2.24) is 0 Å². The second-order valence-corrected chi connectivity index (χ2v) is 6.56. The van der Waals surface area contributed by atoms with E-state index in [1.54, 1.807) is 20.8 Å². The minimum absolute atomic E-state index is 0.233. The molecule has 0 radical (unpaired) electrons. The summed E-state index contributed by atoms with van der Waals surface area (Å²) in [6.45, 7) is 7.87. The Morgan fingerprint density at radius 2 is 1.77 bits per heavy atom. The number of carbonyl (C=O) groups is 2. The van der Waals surface area contributed by atoms with Gasteiger partial charge in [-0.1, -0.05) is 26.2 Å². The second-order valence-electron chi connectivity index (χ2n) is 6.56. The monoisotopic (exact) mass is 314 g/mol. The normalized spacial score (nSPS) is 17.8. The van der Waals surface area contributed by atoms with Crippen molar-refractivity contribution >= 4 is 11.9 Å². The molecular weight excluding hydrogens is 284 g/mol. The van der Waals surface area contributed by atoms with Crippen molar-refractivity contribution < 1.29 is 23.8 Å². The van der Waals surface area contributed by atoms with E-state index in [9.17, 15) is 9.59 Å². The van der Waals surface area contributed by atoms with Gasteiger partial charge in [0.2, 0.25) is 0 Å². The minimum Gasteiger partial charge on any atom is -0.461 e. The molecule has 1 aliphatic carbocycles. The van der Waals surface area contributed by atoms with E-state index >= 15 is 0 Å². The van der Waals surface area contributed by atoms with Gasteiger partial charge in [-0.3, -0.25) is 4.79 Å². The quantitative estimate of drug-likeness (QED) is 0.507. The lowest BCUT2D eigenvalue weighted by atomic mass is 9.90. The van der Waals surface area contributed by atoms with Crippen LogP contribution < -0.4 is 0 Å². The molecule has 0 bridgehead atoms. The molecule has 0 aromatic carbocycles. The summed E-state index contributed by atoms with van der Waals surface area (Å²) in [4.78, 5) is 24.1. The minimum atomic E-state index is -1.25. The van der Waals surface area contributed by atoms with Gasteiger partial charge in [0.1, 0.15) is 0 Å². The van der Waals surface area contributed by atoms with Crippen LogP contribution in [0.25, 0.3) is 0 Å². The molecule has 0 heterocycles. The molecule has 0 aromatic heterocycles. The van der Waals surface area contributed by atoms with Gasteiger partial charge < -0.3 is 14.2 Å². The second kappa shape index (κ2) is 9.13. The van der Waals surface area contributed by atoms with Crippen molar-refractivity contribution in [2.45, 2.75) is 72.5 Å². The largest absolute Gasteiger partial charge is 0.461 e. The number of hydrogen-bond acceptors (Lipinski definition) is 5. The van der Waals surface area contributed by atoms with Crippen molar-refractivity contribution in [2.75, 3.05) is 13.2 Å². The van der Waals surface area contributed by atoms with Crippen LogP contribution in [0.15, 0.2) is 0 Å². The van der Waals surface area contributed by atoms with Crippen molar-refractivity contribution in [2.24, 2.45) is 11.3 Å². The highest BCUT2D eigenvalue weighted by atomic mass is 16.7. The molecule has 0 aliphatic heterocycles. The SMILES string of the molecule is CCOC(=O)C(OCC1CCCCC1)OC(=O)C(C)(C)CC. The fraction of sp³-hybridized carbons (Fsp3) is 0.882. The summed E-state index contributed by atoms with van der Waals surface area (Å²) in [7, 11) is 0. The number of hydrogen-bond donors (Lipinski definition) is 0. The number of esters is 2. The summed E-state index contributed by atoms with van der Waals surface area (Å²) in [5.41, 5.74) is -0.640. The molecule has 0 amide bonds. The maximum absolute atomic E-state index is 12.2. The molecule has 1 atom stereocenters. The standard InChI is InChI=1S/C17H30O5/c1-5-17(3,4)16(19)22-15(14(18)20-6-2)21-12-13-10-8-7-9-11-13/h13,15H,5-12H2,1-4H3. The number of rotatable bonds is 8. The van der Waals surface area contributed by atoms with Crippen LogP contribution in [-0.2, 0) is 23.8 Å². The number of carbonyl (C=O) groups excluding carboxylic acids is 2. The van der Waals surface area contributed by atoms with E-state index in [1.807, 2.05) is 6.92 Å². The van der Waals surface area contributed by atoms with Crippen LogP contribution in [0.3, 0.4) is 0 Å². The third-order valence-electron chi connectivity index (χ3n) is 4.34. The summed E-state index contributed by atoms with van der Waals surface area (Å²) in [5, 5.41) is 0. The van der Waals surface area contributed by atoms with Gasteiger partial charge >= 0.3 is 18.2 Å². The Hall–Kier alpha value is -1.10. The van der Waals surface area contributed by atoms with Gasteiger partial charge in [0.15, 0.2) is 0 Å². The van der Waals surface area contributed by atoms with Gasteiger partial charge in [-0.2, -0.15) is 0 Å². The van der Waals surface area contributed by atoms with Crippen LogP contribution in [0.4, 0.5) is 0 Å². The molecule has 22 heavy (non-hydrogen) atoms. The maximum atomic E-state index is 12.2. The molecule has 1 saturated carbocycles. The first-order valence-corrected chi connectivity index (χ1v) is 8.40. The molecule has 1 fully saturated rings. The molecule has 0 saturated heterocycles. The van der Waals surface area contributed by atoms with Gasteiger partial charge in [-0.05, 0) is 46.0 Å². The molecule has 5 heteroatoms. The lowest BCUT2D eigenvalue weighted by molar-refractivity contribution is -0.208. The van der Waals surface area contributed by atoms with Crippen LogP contribution in [0.1, 0.15) is 66.2 Å². The zero-order valence-electron chi connectivity index (χ0n) is 14.4. The van der Waals surface area contributed by atoms with Crippen LogP contribution >= 0.6 is 0 Å². The lowest BCUT2D eigenvalue weighted by Crippen LogP contribution is -2.38. The molecule has 0 spiro atoms. The fourth-order valence-corrected chi connectivity index (χ4v) is 2.34. The average molecular weight is 314 g/mol. The molecule has 0 N–H and O–H groups in total. The van der Waals surface area contributed by atoms with Gasteiger partial charge in [-0.25, -0.2) is 4.79 Å². The Kier molecular flexibility index (Phi) is 7.87. The van der Waals surface area contributed by atoms with Gasteiger partial charge in [-0.15, -0.1) is 0 Å². The molecule has 0 aromatic rings. The first-order valence-electron chi connectivity index (χ1n) is 8.40. The van der Waals surface area contributed by atoms with Crippen molar-refractivity contribution in [1.29, 1.82) is 0 Å². The van der Waals surface area contributed by atoms with Crippen LogP contribution in [0.5, 0.6) is 0 Å². The Bertz CT molecular complexity index is 358. The summed E-state index contributed by atoms with van der Waals surface area (Å²) < 4.78 is 15.8. The molecule has 1 rings (SSSR count). The van der Waals surface area contributed by atoms with E-state index in [0.717, 1.165) is 12.8 Å². The molecule has 5 nitrogen and oxygen atoms in total. The lowest BCUT2D eigenvalue weighted by Gasteiger charge is -2.26. The highest BCUT2D eigenvalue weighted by Crippen LogP contribution is 2.25. The van der Waals surface area contributed by atoms with E-state index < -0.39 is 23.6 Å². The topological polar surface area (TPSA) is 61.8 Å². The van der Waals surface area contributed by atoms with Crippen molar-refractivity contribution in [3.8, 4) is 0 Å². The van der Waals surface area contributed by atoms with E-state index in [0.29, 0.717) is 18.9 Å². The smallest absolute Gasteiger partial charge is 0.376 e. The van der Waals surface area contributed by atoms with E-state index in [1.165, 1.54) is 19.3 Å². The Labute approximate surface area is 133 Å². The predicted molar refractivity (Wildman–Crippen MR) is 83.1 cm³/mol. The fourth-order valence-electron chi connectivity index (χ4n) is 2.34. The molecule has 1 aliphatic rings. The maximum Gasteiger partial charge on any atom is 0.376 e. The summed E-state index contributed by atoms with van der Waals surface area (Å²) in [6, 6.07) is 0. The predicted octanol–water partition coefficient (Wildman–Crippen LogP) is 3.45. The zero-order chi connectivity index (χ0) is 16.6. The Morgan fingerprint density at radius 1 is 1.14 bits per heavy atom. The van der Waals surface area contributed by atoms with E-state index in [4.69, 9.17) is 14.2 Å². The van der Waals surface area contributed by atoms with Crippen molar-refractivity contribution in [3.05, 3.63) is 0 Å². The Balaban J connectivity index is 2.59. The van der Waals surface area contributed by atoms with Gasteiger partial charge in [0.25, 0.3) is 0 Å². The van der Waals surface area contributed by atoms with Crippen molar-refractivity contribution in [3.63, 3.8) is 0 Å². The average Bonchev–Trinajstić information content (AvgIpc) is 2.52. The molecular formula is C17H30O5. The van der Waals surface area contributed by atoms with Crippen LogP contribution in [0.2, 0.25) is 0 Å². The zero-order valence-corrected chi connectivity index (χ0v) is 14.4.